The van der Waals surface area contributed by atoms with Crippen molar-refractivity contribution >= 4 is 0 Å². The van der Waals surface area contributed by atoms with E-state index in [-0.39, 0.29) is 11.6 Å². The molecule has 100 valence electrons. The first-order chi connectivity index (χ1) is 8.89. The fraction of sp³-hybridized carbons (Fsp3) is 0.214. The standard InChI is InChI=1S/C14H13F3N2/c1-9(18)10-2-4-11(5-3-10)12-8-19-7-6-13(12)14(15,16)17/h2-9H,18H2,1H3. The summed E-state index contributed by atoms with van der Waals surface area (Å²) in [6.07, 6.45) is -2.02. The van der Waals surface area contributed by atoms with Gasteiger partial charge in [0.2, 0.25) is 0 Å². The van der Waals surface area contributed by atoms with Crippen molar-refractivity contribution in [1.29, 1.82) is 0 Å². The SMILES string of the molecule is CC(N)c1ccc(-c2cnccc2C(F)(F)F)cc1. The molecule has 0 aliphatic carbocycles. The van der Waals surface area contributed by atoms with Crippen molar-refractivity contribution in [3.05, 3.63) is 53.9 Å². The van der Waals surface area contributed by atoms with Crippen molar-refractivity contribution in [2.24, 2.45) is 5.73 Å². The molecule has 1 unspecified atom stereocenters. The van der Waals surface area contributed by atoms with Gasteiger partial charge in [-0.2, -0.15) is 13.2 Å². The van der Waals surface area contributed by atoms with Gasteiger partial charge in [0.05, 0.1) is 5.56 Å². The van der Waals surface area contributed by atoms with Crippen molar-refractivity contribution in [2.75, 3.05) is 0 Å². The molecule has 0 bridgehead atoms. The van der Waals surface area contributed by atoms with E-state index in [9.17, 15) is 13.2 Å². The second-order valence-corrected chi connectivity index (χ2v) is 4.33. The van der Waals surface area contributed by atoms with E-state index in [0.29, 0.717) is 5.56 Å². The summed E-state index contributed by atoms with van der Waals surface area (Å²) in [5.74, 6) is 0. The first-order valence-electron chi connectivity index (χ1n) is 5.76. The average molecular weight is 266 g/mol. The molecule has 0 amide bonds. The van der Waals surface area contributed by atoms with Gasteiger partial charge in [-0.1, -0.05) is 24.3 Å². The molecule has 2 nitrogen and oxygen atoms in total. The van der Waals surface area contributed by atoms with E-state index in [1.54, 1.807) is 24.3 Å². The van der Waals surface area contributed by atoms with Gasteiger partial charge in [0.1, 0.15) is 0 Å². The van der Waals surface area contributed by atoms with E-state index < -0.39 is 11.7 Å². The van der Waals surface area contributed by atoms with Gasteiger partial charge < -0.3 is 5.73 Å². The molecule has 1 aromatic heterocycles. The van der Waals surface area contributed by atoms with Crippen LogP contribution in [0.15, 0.2) is 42.7 Å². The van der Waals surface area contributed by atoms with Crippen molar-refractivity contribution in [3.8, 4) is 11.1 Å². The summed E-state index contributed by atoms with van der Waals surface area (Å²) >= 11 is 0. The summed E-state index contributed by atoms with van der Waals surface area (Å²) in [6, 6.07) is 7.55. The van der Waals surface area contributed by atoms with Crippen molar-refractivity contribution in [1.82, 2.24) is 4.98 Å². The molecule has 0 fully saturated rings. The molecule has 0 spiro atoms. The smallest absolute Gasteiger partial charge is 0.324 e. The van der Waals surface area contributed by atoms with E-state index in [0.717, 1.165) is 17.8 Å². The van der Waals surface area contributed by atoms with E-state index >= 15 is 0 Å². The minimum Gasteiger partial charge on any atom is -0.324 e. The highest BCUT2D eigenvalue weighted by Gasteiger charge is 2.33. The number of rotatable bonds is 2. The van der Waals surface area contributed by atoms with Gasteiger partial charge in [0.25, 0.3) is 0 Å². The van der Waals surface area contributed by atoms with Gasteiger partial charge in [-0.15, -0.1) is 0 Å². The zero-order valence-corrected chi connectivity index (χ0v) is 10.3. The predicted octanol–water partition coefficient (Wildman–Crippen LogP) is 3.79. The van der Waals surface area contributed by atoms with Crippen molar-refractivity contribution in [3.63, 3.8) is 0 Å². The van der Waals surface area contributed by atoms with Crippen LogP contribution in [0.4, 0.5) is 13.2 Å². The van der Waals surface area contributed by atoms with Crippen LogP contribution in [0.3, 0.4) is 0 Å². The molecule has 1 heterocycles. The van der Waals surface area contributed by atoms with Gasteiger partial charge in [-0.3, -0.25) is 4.98 Å². The summed E-state index contributed by atoms with van der Waals surface area (Å²) < 4.78 is 38.7. The molecule has 19 heavy (non-hydrogen) atoms. The molecule has 0 saturated heterocycles. The Balaban J connectivity index is 2.48. The number of benzene rings is 1. The van der Waals surface area contributed by atoms with Crippen LogP contribution in [0.1, 0.15) is 24.1 Å². The molecule has 2 rings (SSSR count). The number of nitrogens with zero attached hydrogens (tertiary/aromatic N) is 1. The van der Waals surface area contributed by atoms with Crippen molar-refractivity contribution < 1.29 is 13.2 Å². The monoisotopic (exact) mass is 266 g/mol. The first-order valence-corrected chi connectivity index (χ1v) is 5.76. The third-order valence-electron chi connectivity index (χ3n) is 2.87. The molecule has 0 aliphatic rings. The summed E-state index contributed by atoms with van der Waals surface area (Å²) in [4.78, 5) is 3.77. The highest BCUT2D eigenvalue weighted by molar-refractivity contribution is 5.67. The maximum absolute atomic E-state index is 12.9. The van der Waals surface area contributed by atoms with Crippen LogP contribution in [0.25, 0.3) is 11.1 Å². The predicted molar refractivity (Wildman–Crippen MR) is 67.3 cm³/mol. The molecule has 2 aromatic rings. The number of halogens is 3. The van der Waals surface area contributed by atoms with Crippen LogP contribution in [0, 0.1) is 0 Å². The lowest BCUT2D eigenvalue weighted by atomic mass is 9.99. The third kappa shape index (κ3) is 2.93. The minimum atomic E-state index is -4.39. The van der Waals surface area contributed by atoms with Crippen LogP contribution in [-0.2, 0) is 6.18 Å². The lowest BCUT2D eigenvalue weighted by Gasteiger charge is -2.13. The minimum absolute atomic E-state index is 0.0752. The lowest BCUT2D eigenvalue weighted by Crippen LogP contribution is -2.08. The number of alkyl halides is 3. The Hall–Kier alpha value is -1.88. The van der Waals surface area contributed by atoms with Gasteiger partial charge in [0, 0.05) is 24.0 Å². The van der Waals surface area contributed by atoms with Gasteiger partial charge in [0.15, 0.2) is 0 Å². The number of hydrogen-bond acceptors (Lipinski definition) is 2. The number of pyridine rings is 1. The average Bonchev–Trinajstić information content (AvgIpc) is 2.38. The molecule has 1 atom stereocenters. The van der Waals surface area contributed by atoms with Gasteiger partial charge >= 0.3 is 6.18 Å². The Labute approximate surface area is 109 Å². The Morgan fingerprint density at radius 2 is 1.74 bits per heavy atom. The van der Waals surface area contributed by atoms with Crippen LogP contribution >= 0.6 is 0 Å². The zero-order chi connectivity index (χ0) is 14.0. The highest BCUT2D eigenvalue weighted by Crippen LogP contribution is 2.36. The Kier molecular flexibility index (Phi) is 3.57. The Bertz CT molecular complexity index is 560. The number of nitrogens with two attached hydrogens (primary N) is 1. The molecule has 0 saturated carbocycles. The largest absolute Gasteiger partial charge is 0.417 e. The van der Waals surface area contributed by atoms with Crippen LogP contribution in [0.5, 0.6) is 0 Å². The molecular weight excluding hydrogens is 253 g/mol. The molecule has 0 aliphatic heterocycles. The van der Waals surface area contributed by atoms with Crippen molar-refractivity contribution in [2.45, 2.75) is 19.1 Å². The maximum atomic E-state index is 12.9. The topological polar surface area (TPSA) is 38.9 Å². The maximum Gasteiger partial charge on any atom is 0.417 e. The van der Waals surface area contributed by atoms with E-state index in [1.165, 1.54) is 6.20 Å². The summed E-state index contributed by atoms with van der Waals surface area (Å²) in [5, 5.41) is 0. The molecule has 5 heteroatoms. The normalized spacial score (nSPS) is 13.3. The quantitative estimate of drug-likeness (QED) is 0.898. The van der Waals surface area contributed by atoms with Crippen LogP contribution < -0.4 is 5.73 Å². The zero-order valence-electron chi connectivity index (χ0n) is 10.3. The fourth-order valence-corrected chi connectivity index (χ4v) is 1.84. The van der Waals surface area contributed by atoms with E-state index in [1.807, 2.05) is 6.92 Å². The van der Waals surface area contributed by atoms with Crippen LogP contribution in [0.2, 0.25) is 0 Å². The molecule has 2 N–H and O–H groups in total. The second-order valence-electron chi connectivity index (χ2n) is 4.33. The summed E-state index contributed by atoms with van der Waals surface area (Å²) in [5.41, 5.74) is 6.45. The third-order valence-corrected chi connectivity index (χ3v) is 2.87. The Morgan fingerprint density at radius 1 is 1.11 bits per heavy atom. The fourth-order valence-electron chi connectivity index (χ4n) is 1.84. The first kappa shape index (κ1) is 13.5. The van der Waals surface area contributed by atoms with Gasteiger partial charge in [-0.05, 0) is 24.1 Å². The van der Waals surface area contributed by atoms with Gasteiger partial charge in [-0.25, -0.2) is 0 Å². The highest BCUT2D eigenvalue weighted by atomic mass is 19.4. The molecule has 0 radical (unpaired) electrons. The number of aromatic nitrogens is 1. The van der Waals surface area contributed by atoms with E-state index in [2.05, 4.69) is 4.98 Å². The number of hydrogen-bond donors (Lipinski definition) is 1. The lowest BCUT2D eigenvalue weighted by molar-refractivity contribution is -0.137. The van der Waals surface area contributed by atoms with E-state index in [4.69, 9.17) is 5.73 Å². The Morgan fingerprint density at radius 3 is 2.26 bits per heavy atom. The van der Waals surface area contributed by atoms with Crippen LogP contribution in [-0.4, -0.2) is 4.98 Å². The summed E-state index contributed by atoms with van der Waals surface area (Å²) in [6.45, 7) is 1.82. The summed E-state index contributed by atoms with van der Waals surface area (Å²) in [7, 11) is 0. The molecular formula is C14H13F3N2. The molecule has 1 aromatic carbocycles. The second kappa shape index (κ2) is 5.01.